The minimum Gasteiger partial charge on any atom is -0.456 e. The monoisotopic (exact) mass is 1560 g/mol. The average molecular weight is 1560 g/mol. The quantitative estimate of drug-likeness (QED) is 0.111. The fraction of sp³-hybridized carbons (Fsp3) is 0. The highest BCUT2D eigenvalue weighted by atomic mass is 32.1. The number of rotatable bonds is 8. The SMILES string of the molecule is [C-]#[N+]c1cccc(C#N)c1-c1ccc2c(c1)c1ccccc1n2-c1ccc2c(c1)-c1ccccc1[Si]2(c1ccccc1)c1ccccc1.[C-]#[N+]c1cccc(C#N)c1-c1ccc2c(c1)c1ccccc1n2-c1ccc2c(c1)oc1ccccc12.[C-]#[N+]c1cccc(C#N)c1-c1ccc2c(c1)c1ccccc1n2-c1ccc2c(c1)sc1ccccc12. The van der Waals surface area contributed by atoms with Gasteiger partial charge in [0.1, 0.15) is 11.2 Å². The van der Waals surface area contributed by atoms with E-state index in [2.05, 4.69) is 313 Å². The zero-order valence-electron chi connectivity index (χ0n) is 64.1. The molecule has 0 spiro atoms. The van der Waals surface area contributed by atoms with Gasteiger partial charge < -0.3 is 18.1 Å². The Morgan fingerprint density at radius 1 is 0.275 bits per heavy atom. The van der Waals surface area contributed by atoms with Crippen molar-refractivity contribution >= 4 is 165 Å². The number of thiophene rings is 1. The van der Waals surface area contributed by atoms with Gasteiger partial charge in [-0.3, -0.25) is 0 Å². The number of aromatic nitrogens is 3. The molecule has 0 amide bonds. The number of nitriles is 3. The minimum atomic E-state index is -2.56. The first-order valence-corrected chi connectivity index (χ1v) is 42.1. The molecule has 0 bridgehead atoms. The Labute approximate surface area is 694 Å². The Hall–Kier alpha value is -16.7. The third-order valence-corrected chi connectivity index (χ3v) is 29.7. The highest BCUT2D eigenvalue weighted by Gasteiger charge is 2.48. The first kappa shape index (κ1) is 71.1. The van der Waals surface area contributed by atoms with E-state index in [1.807, 2.05) is 59.9 Å². The molecule has 0 fully saturated rings. The molecule has 120 heavy (non-hydrogen) atoms. The Kier molecular flexibility index (Phi) is 17.2. The lowest BCUT2D eigenvalue weighted by atomic mass is 9.97. The van der Waals surface area contributed by atoms with Gasteiger partial charge in [0.25, 0.3) is 0 Å². The van der Waals surface area contributed by atoms with E-state index in [9.17, 15) is 15.8 Å². The number of furan rings is 1. The summed E-state index contributed by atoms with van der Waals surface area (Å²) in [6, 6.07) is 135. The standard InChI is InChI=1S/C44H27N3Si.C32H17N3O.C32H17N3S/c1-46-39-20-12-13-31(29-45)44(39)30-23-25-41-37(27-30)35-18-8-10-21-40(35)47(41)32-24-26-43-38(28-32)36-19-9-11-22-42(36)48(43,33-14-4-2-5-15-33)34-16-6-3-7-17-34;2*1-34-27-10-6-7-21(19-33)32(27)20-13-16-29-26(17-20)23-8-2-4-11-28(23)35(29)22-14-15-25-24-9-3-5-12-30(24)36-31(25)18-22/h2-28H;2*2-18H. The summed E-state index contributed by atoms with van der Waals surface area (Å²) in [6.07, 6.45) is 0. The van der Waals surface area contributed by atoms with Gasteiger partial charge in [-0.25, -0.2) is 14.5 Å². The molecule has 5 aromatic heterocycles. The third-order valence-electron chi connectivity index (χ3n) is 23.7. The maximum absolute atomic E-state index is 9.91. The summed E-state index contributed by atoms with van der Waals surface area (Å²) in [4.78, 5) is 11.1. The van der Waals surface area contributed by atoms with Gasteiger partial charge >= 0.3 is 0 Å². The summed E-state index contributed by atoms with van der Waals surface area (Å²) < 4.78 is 15.6. The van der Waals surface area contributed by atoms with Gasteiger partial charge in [0.15, 0.2) is 25.1 Å². The van der Waals surface area contributed by atoms with Crippen LogP contribution in [0.5, 0.6) is 0 Å². The molecule has 23 rings (SSSR count). The molecule has 12 heteroatoms. The van der Waals surface area contributed by atoms with Crippen LogP contribution in [0.2, 0.25) is 0 Å². The highest BCUT2D eigenvalue weighted by molar-refractivity contribution is 7.26. The number of hydrogen-bond acceptors (Lipinski definition) is 5. The lowest BCUT2D eigenvalue weighted by Crippen LogP contribution is -2.72. The second-order valence-electron chi connectivity index (χ2n) is 29.8. The first-order valence-electron chi connectivity index (χ1n) is 39.3. The van der Waals surface area contributed by atoms with Crippen molar-refractivity contribution in [3.05, 3.63) is 421 Å². The van der Waals surface area contributed by atoms with E-state index in [4.69, 9.17) is 24.1 Å². The van der Waals surface area contributed by atoms with E-state index in [1.165, 1.54) is 52.0 Å². The molecular formula is C108H61N9OSSi. The van der Waals surface area contributed by atoms with Crippen molar-refractivity contribution in [1.82, 2.24) is 13.7 Å². The number of fused-ring (bicyclic) bond motifs is 18. The number of hydrogen-bond donors (Lipinski definition) is 0. The van der Waals surface area contributed by atoms with E-state index in [1.54, 1.807) is 54.6 Å². The van der Waals surface area contributed by atoms with Gasteiger partial charge in [-0.1, -0.05) is 243 Å². The Morgan fingerprint density at radius 3 is 1.14 bits per heavy atom. The third kappa shape index (κ3) is 11.2. The maximum Gasteiger partial charge on any atom is 0.196 e. The van der Waals surface area contributed by atoms with Crippen LogP contribution in [-0.2, 0) is 0 Å². The molecular weight excluding hydrogens is 1500 g/mol. The van der Waals surface area contributed by atoms with Crippen molar-refractivity contribution < 1.29 is 4.42 Å². The number of benzene rings is 17. The average Bonchev–Trinajstić information content (AvgIpc) is 1.53. The minimum absolute atomic E-state index is 0.479. The van der Waals surface area contributed by atoms with Crippen molar-refractivity contribution in [2.45, 2.75) is 0 Å². The van der Waals surface area contributed by atoms with E-state index in [0.29, 0.717) is 50.4 Å². The lowest BCUT2D eigenvalue weighted by Gasteiger charge is -2.31. The van der Waals surface area contributed by atoms with Gasteiger partial charge in [-0.15, -0.1) is 11.3 Å². The first-order chi connectivity index (χ1) is 59.3. The van der Waals surface area contributed by atoms with E-state index >= 15 is 0 Å². The van der Waals surface area contributed by atoms with Gasteiger partial charge in [-0.2, -0.15) is 15.8 Å². The fourth-order valence-corrected chi connectivity index (χ4v) is 24.9. The second-order valence-corrected chi connectivity index (χ2v) is 34.7. The van der Waals surface area contributed by atoms with E-state index < -0.39 is 8.07 Å². The van der Waals surface area contributed by atoms with Crippen molar-refractivity contribution in [1.29, 1.82) is 15.8 Å². The molecule has 0 saturated heterocycles. The molecule has 1 aliphatic rings. The highest BCUT2D eigenvalue weighted by Crippen LogP contribution is 2.46. The summed E-state index contributed by atoms with van der Waals surface area (Å²) >= 11 is 1.82. The molecule has 17 aromatic carbocycles. The van der Waals surface area contributed by atoms with Gasteiger partial charge in [0, 0.05) is 120 Å². The Bertz CT molecular complexity index is 7910. The van der Waals surface area contributed by atoms with Crippen LogP contribution in [0.4, 0.5) is 17.1 Å². The smallest absolute Gasteiger partial charge is 0.196 e. The second kappa shape index (κ2) is 29.0. The molecule has 0 saturated carbocycles. The number of para-hydroxylation sites is 4. The van der Waals surface area contributed by atoms with Crippen LogP contribution >= 0.6 is 11.3 Å². The van der Waals surface area contributed by atoms with Crippen LogP contribution in [0.1, 0.15) is 16.7 Å². The van der Waals surface area contributed by atoms with Crippen LogP contribution in [0.3, 0.4) is 0 Å². The maximum atomic E-state index is 9.91. The van der Waals surface area contributed by atoms with Gasteiger partial charge in [0.05, 0.1) is 71.0 Å². The topological polar surface area (TPSA) is 112 Å². The summed E-state index contributed by atoms with van der Waals surface area (Å²) in [7, 11) is -2.56. The number of nitrogens with zero attached hydrogens (tertiary/aromatic N) is 9. The van der Waals surface area contributed by atoms with Crippen molar-refractivity contribution in [3.8, 4) is 79.8 Å². The summed E-state index contributed by atoms with van der Waals surface area (Å²) in [6.45, 7) is 23.0. The molecule has 1 aliphatic heterocycles. The molecule has 0 atom stereocenters. The molecule has 0 unspecified atom stereocenters. The molecule has 554 valence electrons. The summed E-state index contributed by atoms with van der Waals surface area (Å²) in [5.41, 5.74) is 21.8. The van der Waals surface area contributed by atoms with Crippen LogP contribution in [-0.4, -0.2) is 21.8 Å². The van der Waals surface area contributed by atoms with Gasteiger partial charge in [-0.05, 0) is 170 Å². The predicted molar refractivity (Wildman–Crippen MR) is 494 cm³/mol. The summed E-state index contributed by atoms with van der Waals surface area (Å²) in [5, 5.41) is 46.4. The Balaban J connectivity index is 0.000000113. The molecule has 0 aliphatic carbocycles. The lowest BCUT2D eigenvalue weighted by molar-refractivity contribution is 0.668. The molecule has 6 heterocycles. The summed E-state index contributed by atoms with van der Waals surface area (Å²) in [5.74, 6) is 0. The Morgan fingerprint density at radius 2 is 0.650 bits per heavy atom. The van der Waals surface area contributed by atoms with Gasteiger partial charge in [0.2, 0.25) is 0 Å². The molecule has 22 aromatic rings. The molecule has 0 radical (unpaired) electrons. The van der Waals surface area contributed by atoms with Crippen molar-refractivity contribution in [2.24, 2.45) is 0 Å². The van der Waals surface area contributed by atoms with E-state index in [0.717, 1.165) is 121 Å². The molecule has 0 N–H and O–H groups in total. The van der Waals surface area contributed by atoms with Crippen LogP contribution in [0, 0.1) is 53.7 Å². The van der Waals surface area contributed by atoms with E-state index in [-0.39, 0.29) is 0 Å². The normalized spacial score (nSPS) is 11.8. The predicted octanol–water partition coefficient (Wildman–Crippen LogP) is 26.2. The largest absolute Gasteiger partial charge is 0.456 e. The van der Waals surface area contributed by atoms with Crippen molar-refractivity contribution in [2.75, 3.05) is 0 Å². The molecule has 10 nitrogen and oxygen atoms in total. The van der Waals surface area contributed by atoms with Crippen LogP contribution < -0.4 is 20.7 Å². The zero-order valence-corrected chi connectivity index (χ0v) is 65.9. The van der Waals surface area contributed by atoms with Crippen LogP contribution in [0.25, 0.3) is 184 Å². The van der Waals surface area contributed by atoms with Crippen LogP contribution in [0.15, 0.2) is 374 Å². The zero-order chi connectivity index (χ0) is 80.7. The fourth-order valence-electron chi connectivity index (χ4n) is 18.6. The van der Waals surface area contributed by atoms with Crippen molar-refractivity contribution in [3.63, 3.8) is 0 Å².